The number of ether oxygens (including phenoxy) is 1. The minimum absolute atomic E-state index is 0.549. The highest BCUT2D eigenvalue weighted by atomic mass is 79.9. The summed E-state index contributed by atoms with van der Waals surface area (Å²) < 4.78 is 6.93. The molecule has 3 nitrogen and oxygen atoms in total. The van der Waals surface area contributed by atoms with Gasteiger partial charge in [0.15, 0.2) is 0 Å². The number of H-pyrrole nitrogens is 1. The zero-order valence-corrected chi connectivity index (χ0v) is 10.6. The van der Waals surface area contributed by atoms with Crippen LogP contribution < -0.4 is 4.74 Å². The molecule has 1 aliphatic heterocycles. The summed E-state index contributed by atoms with van der Waals surface area (Å²) in [6.07, 6.45) is 3.68. The van der Waals surface area contributed by atoms with Gasteiger partial charge in [-0.05, 0) is 23.8 Å². The van der Waals surface area contributed by atoms with Crippen LogP contribution >= 0.6 is 15.9 Å². The van der Waals surface area contributed by atoms with E-state index in [9.17, 15) is 0 Å². The molecule has 1 N–H and O–H groups in total. The lowest BCUT2D eigenvalue weighted by Gasteiger charge is -2.16. The topological polar surface area (TPSA) is 37.9 Å². The minimum atomic E-state index is 0.549. The number of hydrogen-bond acceptors (Lipinski definition) is 2. The van der Waals surface area contributed by atoms with Crippen LogP contribution in [0, 0.1) is 5.92 Å². The maximum Gasteiger partial charge on any atom is 0.122 e. The maximum absolute atomic E-state index is 5.81. The molecule has 17 heavy (non-hydrogen) atoms. The summed E-state index contributed by atoms with van der Waals surface area (Å²) in [5.74, 6) is 2.79. The Kier molecular flexibility index (Phi) is 1.92. The third-order valence-corrected chi connectivity index (χ3v) is 4.30. The molecule has 2 heterocycles. The third-order valence-electron chi connectivity index (χ3n) is 3.81. The molecular formula is C13H11BrN2O. The normalized spacial score (nSPS) is 29.1. The zero-order valence-electron chi connectivity index (χ0n) is 9.06. The Balaban J connectivity index is 1.76. The number of nitrogens with zero attached hydrogens (tertiary/aromatic N) is 1. The highest BCUT2D eigenvalue weighted by Crippen LogP contribution is 2.63. The Labute approximate surface area is 107 Å². The van der Waals surface area contributed by atoms with E-state index in [2.05, 4.69) is 38.0 Å². The molecule has 86 valence electrons. The lowest BCUT2D eigenvalue weighted by molar-refractivity contribution is 0.277. The molecule has 0 spiro atoms. The van der Waals surface area contributed by atoms with Gasteiger partial charge in [-0.15, -0.1) is 0 Å². The van der Waals surface area contributed by atoms with E-state index < -0.39 is 0 Å². The van der Waals surface area contributed by atoms with Crippen LogP contribution in [0.4, 0.5) is 0 Å². The summed E-state index contributed by atoms with van der Waals surface area (Å²) >= 11 is 3.53. The Morgan fingerprint density at radius 1 is 1.35 bits per heavy atom. The summed E-state index contributed by atoms with van der Waals surface area (Å²) in [6.45, 7) is 0.822. The van der Waals surface area contributed by atoms with Crippen LogP contribution in [-0.2, 0) is 0 Å². The van der Waals surface area contributed by atoms with Crippen molar-refractivity contribution in [3.05, 3.63) is 46.5 Å². The highest BCUT2D eigenvalue weighted by molar-refractivity contribution is 9.10. The number of benzene rings is 1. The van der Waals surface area contributed by atoms with Crippen molar-refractivity contribution in [1.29, 1.82) is 0 Å². The van der Waals surface area contributed by atoms with Crippen molar-refractivity contribution in [2.45, 2.75) is 11.8 Å². The van der Waals surface area contributed by atoms with Crippen LogP contribution in [0.25, 0.3) is 0 Å². The van der Waals surface area contributed by atoms with Crippen LogP contribution in [0.15, 0.2) is 35.2 Å². The summed E-state index contributed by atoms with van der Waals surface area (Å²) in [7, 11) is 0. The van der Waals surface area contributed by atoms with Gasteiger partial charge in [0.2, 0.25) is 0 Å². The molecule has 2 aliphatic rings. The summed E-state index contributed by atoms with van der Waals surface area (Å²) in [5.41, 5.74) is 2.56. The van der Waals surface area contributed by atoms with Crippen LogP contribution in [0.5, 0.6) is 5.75 Å². The summed E-state index contributed by atoms with van der Waals surface area (Å²) in [6, 6.07) is 6.27. The van der Waals surface area contributed by atoms with Crippen molar-refractivity contribution in [3.8, 4) is 5.75 Å². The molecule has 1 aromatic carbocycles. The molecule has 0 radical (unpaired) electrons. The Morgan fingerprint density at radius 3 is 3.12 bits per heavy atom. The quantitative estimate of drug-likeness (QED) is 0.877. The largest absolute Gasteiger partial charge is 0.493 e. The van der Waals surface area contributed by atoms with E-state index in [0.29, 0.717) is 17.8 Å². The fourth-order valence-corrected chi connectivity index (χ4v) is 3.35. The Morgan fingerprint density at radius 2 is 2.29 bits per heavy atom. The second-order valence-electron chi connectivity index (χ2n) is 4.72. The smallest absolute Gasteiger partial charge is 0.122 e. The molecule has 3 unspecified atom stereocenters. The molecule has 1 aromatic heterocycles. The van der Waals surface area contributed by atoms with Gasteiger partial charge in [-0.2, -0.15) is 0 Å². The molecule has 1 aliphatic carbocycles. The molecule has 3 atom stereocenters. The third kappa shape index (κ3) is 1.37. The molecule has 2 aromatic rings. The minimum Gasteiger partial charge on any atom is -0.493 e. The number of nitrogens with one attached hydrogen (secondary N) is 1. The first-order valence-corrected chi connectivity index (χ1v) is 6.54. The summed E-state index contributed by atoms with van der Waals surface area (Å²) in [4.78, 5) is 7.33. The molecule has 4 rings (SSSR count). The molecule has 1 fully saturated rings. The van der Waals surface area contributed by atoms with Gasteiger partial charge in [0.1, 0.15) is 5.75 Å². The number of imidazole rings is 1. The van der Waals surface area contributed by atoms with Gasteiger partial charge >= 0.3 is 0 Å². The lowest BCUT2D eigenvalue weighted by Crippen LogP contribution is -2.08. The van der Waals surface area contributed by atoms with Crippen molar-refractivity contribution < 1.29 is 4.74 Å². The fourth-order valence-electron chi connectivity index (χ4n) is 2.98. The second-order valence-corrected chi connectivity index (χ2v) is 5.63. The Hall–Kier alpha value is -1.29. The zero-order chi connectivity index (χ0) is 11.4. The number of rotatable bonds is 1. The van der Waals surface area contributed by atoms with E-state index in [1.807, 2.05) is 12.3 Å². The van der Waals surface area contributed by atoms with Crippen LogP contribution in [0.3, 0.4) is 0 Å². The first kappa shape index (κ1) is 9.71. The van der Waals surface area contributed by atoms with Crippen molar-refractivity contribution in [3.63, 3.8) is 0 Å². The van der Waals surface area contributed by atoms with Gasteiger partial charge in [0, 0.05) is 34.1 Å². The van der Waals surface area contributed by atoms with Crippen LogP contribution in [0.1, 0.15) is 23.1 Å². The van der Waals surface area contributed by atoms with Gasteiger partial charge in [-0.3, -0.25) is 0 Å². The van der Waals surface area contributed by atoms with E-state index in [0.717, 1.165) is 16.8 Å². The average molecular weight is 291 g/mol. The van der Waals surface area contributed by atoms with Crippen molar-refractivity contribution >= 4 is 15.9 Å². The van der Waals surface area contributed by atoms with Gasteiger partial charge in [0.25, 0.3) is 0 Å². The molecule has 0 amide bonds. The van der Waals surface area contributed by atoms with E-state index >= 15 is 0 Å². The maximum atomic E-state index is 5.81. The second kappa shape index (κ2) is 3.35. The Bertz CT molecular complexity index is 567. The number of hydrogen-bond donors (Lipinski definition) is 1. The predicted octanol–water partition coefficient (Wildman–Crippen LogP) is 3.06. The number of aromatic amines is 1. The van der Waals surface area contributed by atoms with Gasteiger partial charge < -0.3 is 9.72 Å². The van der Waals surface area contributed by atoms with E-state index in [-0.39, 0.29) is 0 Å². The monoisotopic (exact) mass is 290 g/mol. The molecule has 4 heteroatoms. The first-order valence-electron chi connectivity index (χ1n) is 5.75. The van der Waals surface area contributed by atoms with E-state index in [4.69, 9.17) is 4.74 Å². The average Bonchev–Trinajstić information content (AvgIpc) is 2.83. The lowest BCUT2D eigenvalue weighted by atomic mass is 10.1. The standard InChI is InChI=1S/C13H11BrN2O/c14-7-1-2-11-8(3-7)12-9(5-17-11)13(12)10-4-15-6-16-10/h1-4,6,9,12-13H,5H2,(H,15,16). The SMILES string of the molecule is Brc1ccc2c(c1)C1C(CO2)C1c1cnc[nH]1. The van der Waals surface area contributed by atoms with Gasteiger partial charge in [-0.1, -0.05) is 15.9 Å². The molecule has 0 bridgehead atoms. The van der Waals surface area contributed by atoms with Crippen molar-refractivity contribution in [1.82, 2.24) is 9.97 Å². The van der Waals surface area contributed by atoms with Crippen LogP contribution in [0.2, 0.25) is 0 Å². The van der Waals surface area contributed by atoms with E-state index in [1.54, 1.807) is 6.33 Å². The van der Waals surface area contributed by atoms with E-state index in [1.165, 1.54) is 11.3 Å². The fraction of sp³-hybridized carbons (Fsp3) is 0.308. The molecule has 1 saturated carbocycles. The molecular weight excluding hydrogens is 280 g/mol. The highest BCUT2D eigenvalue weighted by Gasteiger charge is 2.56. The number of fused-ring (bicyclic) bond motifs is 3. The summed E-state index contributed by atoms with van der Waals surface area (Å²) in [5, 5.41) is 0. The van der Waals surface area contributed by atoms with Gasteiger partial charge in [0.05, 0.1) is 12.9 Å². The number of halogens is 1. The van der Waals surface area contributed by atoms with Crippen molar-refractivity contribution in [2.24, 2.45) is 5.92 Å². The molecule has 0 saturated heterocycles. The van der Waals surface area contributed by atoms with Gasteiger partial charge in [-0.25, -0.2) is 4.98 Å². The first-order chi connectivity index (χ1) is 8.34. The van der Waals surface area contributed by atoms with Crippen LogP contribution in [-0.4, -0.2) is 16.6 Å². The predicted molar refractivity (Wildman–Crippen MR) is 67.2 cm³/mol. The van der Waals surface area contributed by atoms with Crippen molar-refractivity contribution in [2.75, 3.05) is 6.61 Å². The number of aromatic nitrogens is 2.